The Labute approximate surface area is 98.7 Å². The minimum absolute atomic E-state index is 0.331. The van der Waals surface area contributed by atoms with Gasteiger partial charge in [-0.3, -0.25) is 9.97 Å². The fraction of sp³-hybridized carbons (Fsp3) is 0.692. The van der Waals surface area contributed by atoms with Crippen LogP contribution in [-0.4, -0.2) is 16.5 Å². The van der Waals surface area contributed by atoms with Crippen LogP contribution in [0.15, 0.2) is 18.6 Å². The Morgan fingerprint density at radius 2 is 2.06 bits per heavy atom. The van der Waals surface area contributed by atoms with Crippen LogP contribution in [0.4, 0.5) is 0 Å². The van der Waals surface area contributed by atoms with E-state index in [0.717, 1.165) is 18.7 Å². The van der Waals surface area contributed by atoms with E-state index in [1.807, 2.05) is 6.20 Å². The lowest BCUT2D eigenvalue weighted by Gasteiger charge is -2.23. The van der Waals surface area contributed by atoms with Crippen molar-refractivity contribution in [3.63, 3.8) is 0 Å². The molecule has 0 saturated carbocycles. The molecule has 1 N–H and O–H groups in total. The van der Waals surface area contributed by atoms with Gasteiger partial charge in [0, 0.05) is 18.6 Å². The first-order valence-corrected chi connectivity index (χ1v) is 6.02. The summed E-state index contributed by atoms with van der Waals surface area (Å²) in [6, 6.07) is 0.331. The molecule has 0 radical (unpaired) electrons. The van der Waals surface area contributed by atoms with E-state index in [1.54, 1.807) is 12.4 Å². The molecule has 0 aromatic carbocycles. The molecule has 1 aromatic rings. The van der Waals surface area contributed by atoms with Crippen LogP contribution in [0.1, 0.15) is 52.3 Å². The zero-order valence-corrected chi connectivity index (χ0v) is 10.8. The highest BCUT2D eigenvalue weighted by Gasteiger charge is 2.16. The maximum atomic E-state index is 4.37. The van der Waals surface area contributed by atoms with E-state index in [0.29, 0.717) is 11.5 Å². The lowest BCUT2D eigenvalue weighted by Crippen LogP contribution is -2.23. The number of hydrogen-bond donors (Lipinski definition) is 1. The number of nitrogens with one attached hydrogen (secondary N) is 1. The highest BCUT2D eigenvalue weighted by atomic mass is 14.9. The normalized spacial score (nSPS) is 13.8. The predicted molar refractivity (Wildman–Crippen MR) is 67.1 cm³/mol. The first-order valence-electron chi connectivity index (χ1n) is 6.02. The molecular formula is C13H23N3. The van der Waals surface area contributed by atoms with Gasteiger partial charge < -0.3 is 5.32 Å². The largest absolute Gasteiger partial charge is 0.309 e. The monoisotopic (exact) mass is 221 g/mol. The summed E-state index contributed by atoms with van der Waals surface area (Å²) < 4.78 is 0. The van der Waals surface area contributed by atoms with Crippen LogP contribution in [0, 0.1) is 5.41 Å². The van der Waals surface area contributed by atoms with Crippen molar-refractivity contribution in [2.75, 3.05) is 6.54 Å². The third-order valence-electron chi connectivity index (χ3n) is 2.57. The topological polar surface area (TPSA) is 37.8 Å². The van der Waals surface area contributed by atoms with Crippen molar-refractivity contribution in [2.24, 2.45) is 5.41 Å². The van der Waals surface area contributed by atoms with Crippen molar-refractivity contribution in [1.29, 1.82) is 0 Å². The molecule has 16 heavy (non-hydrogen) atoms. The second-order valence-corrected chi connectivity index (χ2v) is 5.34. The van der Waals surface area contributed by atoms with Gasteiger partial charge in [0.2, 0.25) is 0 Å². The number of aromatic nitrogens is 2. The summed E-state index contributed by atoms with van der Waals surface area (Å²) in [7, 11) is 0. The summed E-state index contributed by atoms with van der Waals surface area (Å²) in [5, 5.41) is 3.47. The van der Waals surface area contributed by atoms with E-state index >= 15 is 0 Å². The molecule has 0 aliphatic heterocycles. The predicted octanol–water partition coefficient (Wildman–Crippen LogP) is 2.95. The molecule has 3 nitrogen and oxygen atoms in total. The third kappa shape index (κ3) is 4.71. The summed E-state index contributed by atoms with van der Waals surface area (Å²) in [5.74, 6) is 0. The van der Waals surface area contributed by atoms with Crippen molar-refractivity contribution in [2.45, 2.75) is 46.6 Å². The first-order chi connectivity index (χ1) is 7.53. The van der Waals surface area contributed by atoms with Gasteiger partial charge in [-0.2, -0.15) is 0 Å². The van der Waals surface area contributed by atoms with E-state index in [4.69, 9.17) is 0 Å². The van der Waals surface area contributed by atoms with Crippen molar-refractivity contribution in [1.82, 2.24) is 15.3 Å². The molecule has 0 bridgehead atoms. The molecule has 1 atom stereocenters. The summed E-state index contributed by atoms with van der Waals surface area (Å²) in [4.78, 5) is 8.50. The minimum atomic E-state index is 0.331. The van der Waals surface area contributed by atoms with Crippen LogP contribution in [0.3, 0.4) is 0 Å². The molecular weight excluding hydrogens is 198 g/mol. The van der Waals surface area contributed by atoms with Crippen LogP contribution in [0.25, 0.3) is 0 Å². The van der Waals surface area contributed by atoms with E-state index < -0.39 is 0 Å². The van der Waals surface area contributed by atoms with Gasteiger partial charge in [-0.15, -0.1) is 0 Å². The van der Waals surface area contributed by atoms with Gasteiger partial charge in [0.15, 0.2) is 0 Å². The molecule has 0 saturated heterocycles. The number of nitrogens with zero attached hydrogens (tertiary/aromatic N) is 2. The SMILES string of the molecule is CCNC(CCC(C)(C)C)c1cnccn1. The zero-order chi connectivity index (χ0) is 12.0. The van der Waals surface area contributed by atoms with Gasteiger partial charge in [0.1, 0.15) is 0 Å². The minimum Gasteiger partial charge on any atom is -0.309 e. The van der Waals surface area contributed by atoms with Crippen LogP contribution in [-0.2, 0) is 0 Å². The molecule has 0 aliphatic rings. The molecule has 0 amide bonds. The average molecular weight is 221 g/mol. The molecule has 1 heterocycles. The van der Waals surface area contributed by atoms with Crippen LogP contribution >= 0.6 is 0 Å². The number of rotatable bonds is 5. The molecule has 1 aromatic heterocycles. The Morgan fingerprint density at radius 1 is 1.31 bits per heavy atom. The smallest absolute Gasteiger partial charge is 0.0756 e. The van der Waals surface area contributed by atoms with Gasteiger partial charge in [-0.05, 0) is 24.8 Å². The zero-order valence-electron chi connectivity index (χ0n) is 10.8. The number of hydrogen-bond acceptors (Lipinski definition) is 3. The first kappa shape index (κ1) is 13.1. The molecule has 0 spiro atoms. The van der Waals surface area contributed by atoms with Crippen molar-refractivity contribution < 1.29 is 0 Å². The molecule has 0 fully saturated rings. The Kier molecular flexibility index (Phi) is 4.87. The average Bonchev–Trinajstić information content (AvgIpc) is 2.24. The fourth-order valence-electron chi connectivity index (χ4n) is 1.67. The van der Waals surface area contributed by atoms with Gasteiger partial charge in [0.25, 0.3) is 0 Å². The van der Waals surface area contributed by atoms with Crippen molar-refractivity contribution in [3.8, 4) is 0 Å². The van der Waals surface area contributed by atoms with E-state index in [9.17, 15) is 0 Å². The van der Waals surface area contributed by atoms with Crippen molar-refractivity contribution in [3.05, 3.63) is 24.3 Å². The summed E-state index contributed by atoms with van der Waals surface area (Å²) >= 11 is 0. The van der Waals surface area contributed by atoms with Gasteiger partial charge in [-0.1, -0.05) is 27.7 Å². The summed E-state index contributed by atoms with van der Waals surface area (Å²) in [5.41, 5.74) is 1.42. The Hall–Kier alpha value is -0.960. The Bertz CT molecular complexity index is 290. The van der Waals surface area contributed by atoms with Gasteiger partial charge >= 0.3 is 0 Å². The van der Waals surface area contributed by atoms with E-state index in [1.165, 1.54) is 6.42 Å². The second kappa shape index (κ2) is 5.94. The maximum absolute atomic E-state index is 4.37. The maximum Gasteiger partial charge on any atom is 0.0756 e. The lowest BCUT2D eigenvalue weighted by molar-refractivity contribution is 0.331. The standard InChI is InChI=1S/C13H23N3/c1-5-15-11(6-7-13(2,3)4)12-10-14-8-9-16-12/h8-11,15H,5-7H2,1-4H3. The van der Waals surface area contributed by atoms with Crippen LogP contribution in [0.5, 0.6) is 0 Å². The van der Waals surface area contributed by atoms with Crippen LogP contribution in [0.2, 0.25) is 0 Å². The quantitative estimate of drug-likeness (QED) is 0.830. The highest BCUT2D eigenvalue weighted by molar-refractivity contribution is 5.02. The molecule has 1 unspecified atom stereocenters. The van der Waals surface area contributed by atoms with Crippen LogP contribution < -0.4 is 5.32 Å². The van der Waals surface area contributed by atoms with Gasteiger partial charge in [-0.25, -0.2) is 0 Å². The Morgan fingerprint density at radius 3 is 2.56 bits per heavy atom. The summed E-state index contributed by atoms with van der Waals surface area (Å²) in [6.07, 6.45) is 7.63. The lowest BCUT2D eigenvalue weighted by atomic mass is 9.88. The Balaban J connectivity index is 2.61. The van der Waals surface area contributed by atoms with Gasteiger partial charge in [0.05, 0.1) is 11.7 Å². The fourth-order valence-corrected chi connectivity index (χ4v) is 1.67. The third-order valence-corrected chi connectivity index (χ3v) is 2.57. The molecule has 0 aliphatic carbocycles. The second-order valence-electron chi connectivity index (χ2n) is 5.34. The summed E-state index contributed by atoms with van der Waals surface area (Å²) in [6.45, 7) is 9.90. The molecule has 90 valence electrons. The molecule has 3 heteroatoms. The van der Waals surface area contributed by atoms with E-state index in [2.05, 4.69) is 43.0 Å². The van der Waals surface area contributed by atoms with Crippen molar-refractivity contribution >= 4 is 0 Å². The van der Waals surface area contributed by atoms with E-state index in [-0.39, 0.29) is 0 Å². The molecule has 1 rings (SSSR count). The highest BCUT2D eigenvalue weighted by Crippen LogP contribution is 2.26.